The van der Waals surface area contributed by atoms with Crippen molar-refractivity contribution in [3.05, 3.63) is 71.7 Å². The highest BCUT2D eigenvalue weighted by atomic mass is 16.5. The van der Waals surface area contributed by atoms with E-state index in [0.717, 1.165) is 65.5 Å². The molecule has 42 heavy (non-hydrogen) atoms. The van der Waals surface area contributed by atoms with E-state index in [1.165, 1.54) is 10.6 Å². The molecule has 5 rings (SSSR count). The van der Waals surface area contributed by atoms with Gasteiger partial charge in [0.15, 0.2) is 6.54 Å². The van der Waals surface area contributed by atoms with Gasteiger partial charge in [0.25, 0.3) is 5.91 Å². The Morgan fingerprint density at radius 1 is 1.00 bits per heavy atom. The van der Waals surface area contributed by atoms with Crippen LogP contribution in [0.1, 0.15) is 17.0 Å². The van der Waals surface area contributed by atoms with Crippen LogP contribution in [-0.4, -0.2) is 80.3 Å². The fourth-order valence-electron chi connectivity index (χ4n) is 5.24. The number of piperazine rings is 1. The van der Waals surface area contributed by atoms with E-state index >= 15 is 0 Å². The average Bonchev–Trinajstić information content (AvgIpc) is 3.39. The van der Waals surface area contributed by atoms with Crippen LogP contribution in [0.4, 0.5) is 11.6 Å². The van der Waals surface area contributed by atoms with Gasteiger partial charge >= 0.3 is 0 Å². The number of nitrogens with one attached hydrogen (secondary N) is 4. The maximum absolute atomic E-state index is 13.2. The number of aliphatic imine (C=N–C) groups is 1. The van der Waals surface area contributed by atoms with Crippen molar-refractivity contribution in [3.8, 4) is 11.5 Å². The number of carbonyl (C=O) groups excluding carboxylic acids is 1. The Morgan fingerprint density at radius 2 is 1.69 bits per heavy atom. The Hall–Kier alpha value is -4.64. The van der Waals surface area contributed by atoms with Crippen LogP contribution < -0.4 is 29.9 Å². The van der Waals surface area contributed by atoms with E-state index in [-0.39, 0.29) is 5.91 Å². The monoisotopic (exact) mass is 571 g/mol. The topological polar surface area (TPSA) is 121 Å². The molecule has 1 amide bonds. The van der Waals surface area contributed by atoms with Crippen LogP contribution in [0.25, 0.3) is 10.9 Å². The normalized spacial score (nSPS) is 14.2. The third-order valence-corrected chi connectivity index (χ3v) is 7.41. The minimum absolute atomic E-state index is 0.0993. The van der Waals surface area contributed by atoms with Gasteiger partial charge in [0.05, 0.1) is 40.4 Å². The molecule has 4 aromatic rings. The molecule has 0 radical (unpaired) electrons. The summed E-state index contributed by atoms with van der Waals surface area (Å²) in [5.74, 6) is 2.31. The second-order valence-electron chi connectivity index (χ2n) is 10.5. The molecule has 1 saturated heterocycles. The number of benzene rings is 2. The number of aromatic amines is 1. The van der Waals surface area contributed by atoms with Gasteiger partial charge in [-0.1, -0.05) is 0 Å². The molecule has 11 heteroatoms. The van der Waals surface area contributed by atoms with Gasteiger partial charge in [-0.05, 0) is 68.3 Å². The van der Waals surface area contributed by atoms with Crippen molar-refractivity contribution in [2.75, 3.05) is 63.7 Å². The number of ether oxygens (including phenoxy) is 2. The van der Waals surface area contributed by atoms with Gasteiger partial charge in [-0.15, -0.1) is 0 Å². The van der Waals surface area contributed by atoms with Crippen molar-refractivity contribution in [2.45, 2.75) is 20.3 Å². The Morgan fingerprint density at radius 3 is 2.38 bits per heavy atom. The first-order chi connectivity index (χ1) is 20.4. The Kier molecular flexibility index (Phi) is 9.18. The first-order valence-electron chi connectivity index (χ1n) is 14.2. The molecule has 0 aliphatic carbocycles. The zero-order valence-electron chi connectivity index (χ0n) is 24.7. The average molecular weight is 572 g/mol. The number of fused-ring (bicyclic) bond motifs is 1. The van der Waals surface area contributed by atoms with Gasteiger partial charge in [0, 0.05) is 46.8 Å². The number of quaternary nitrogens is 1. The molecule has 4 N–H and O–H groups in total. The van der Waals surface area contributed by atoms with Gasteiger partial charge < -0.3 is 24.3 Å². The summed E-state index contributed by atoms with van der Waals surface area (Å²) in [5.41, 5.74) is 5.00. The Balaban J connectivity index is 1.21. The van der Waals surface area contributed by atoms with Gasteiger partial charge in [-0.3, -0.25) is 20.4 Å². The molecular weight excluding hydrogens is 532 g/mol. The molecule has 1 aliphatic rings. The molecule has 0 spiro atoms. The predicted molar refractivity (Wildman–Crippen MR) is 165 cm³/mol. The van der Waals surface area contributed by atoms with E-state index in [0.29, 0.717) is 31.4 Å². The number of hydrogen-bond acceptors (Lipinski definition) is 7. The number of rotatable bonds is 9. The second-order valence-corrected chi connectivity index (χ2v) is 10.5. The number of H-pyrrole nitrogens is 1. The molecule has 2 aromatic carbocycles. The molecule has 220 valence electrons. The lowest BCUT2D eigenvalue weighted by Gasteiger charge is -2.33. The summed E-state index contributed by atoms with van der Waals surface area (Å²) in [6.07, 6.45) is 2.69. The van der Waals surface area contributed by atoms with Crippen LogP contribution >= 0.6 is 0 Å². The third-order valence-electron chi connectivity index (χ3n) is 7.41. The smallest absolute Gasteiger partial charge is 0.281 e. The molecule has 2 aromatic heterocycles. The molecule has 3 heterocycles. The number of methoxy groups -OCH3 is 2. The zero-order chi connectivity index (χ0) is 29.5. The minimum Gasteiger partial charge on any atom is -0.497 e. The fourth-order valence-corrected chi connectivity index (χ4v) is 5.24. The summed E-state index contributed by atoms with van der Waals surface area (Å²) in [4.78, 5) is 33.7. The van der Waals surface area contributed by atoms with E-state index in [9.17, 15) is 4.79 Å². The van der Waals surface area contributed by atoms with Crippen LogP contribution in [0.15, 0.2) is 59.7 Å². The summed E-state index contributed by atoms with van der Waals surface area (Å²) in [6.45, 7) is 8.14. The molecule has 11 nitrogen and oxygen atoms in total. The first-order valence-corrected chi connectivity index (χ1v) is 14.2. The molecule has 0 unspecified atom stereocenters. The highest BCUT2D eigenvalue weighted by Gasteiger charge is 2.23. The summed E-state index contributed by atoms with van der Waals surface area (Å²) in [6, 6.07) is 16.0. The fraction of sp³-hybridized carbons (Fsp3) is 0.355. The number of nitrogens with zero attached hydrogens (tertiary/aromatic N) is 4. The highest BCUT2D eigenvalue weighted by Crippen LogP contribution is 2.23. The first kappa shape index (κ1) is 28.9. The maximum Gasteiger partial charge on any atom is 0.281 e. The molecule has 1 aliphatic heterocycles. The molecule has 0 bridgehead atoms. The van der Waals surface area contributed by atoms with Crippen molar-refractivity contribution < 1.29 is 19.2 Å². The standard InChI is InChI=1S/C31H38N8O3/c1-21-17-22(2)35-31(34-21)37-30(32-12-11-23-19-33-28-18-26(42-4)9-10-27(23)28)36-29(40)20-38-13-15-39(16-14-38)24-5-7-25(41-3)8-6-24/h5-10,17-19,33H,11-16,20H2,1-4H3,(H2,32,34,35,36,37,40)/p+1. The van der Waals surface area contributed by atoms with Crippen molar-refractivity contribution in [1.29, 1.82) is 0 Å². The van der Waals surface area contributed by atoms with Crippen LogP contribution in [0.2, 0.25) is 0 Å². The summed E-state index contributed by atoms with van der Waals surface area (Å²) < 4.78 is 10.6. The lowest BCUT2D eigenvalue weighted by atomic mass is 10.1. The van der Waals surface area contributed by atoms with Crippen molar-refractivity contribution in [1.82, 2.24) is 20.3 Å². The Labute approximate surface area is 246 Å². The molecular formula is C31H39N8O3+. The SMILES string of the molecule is COc1ccc(N2CC[NH+](CC(=O)NC(=NCCc3c[nH]c4cc(OC)ccc34)Nc3nc(C)cc(C)n3)CC2)cc1. The van der Waals surface area contributed by atoms with Crippen LogP contribution in [0.5, 0.6) is 11.5 Å². The van der Waals surface area contributed by atoms with Crippen molar-refractivity contribution in [2.24, 2.45) is 4.99 Å². The Bertz CT molecular complexity index is 1520. The maximum atomic E-state index is 13.2. The summed E-state index contributed by atoms with van der Waals surface area (Å²) in [5, 5.41) is 7.25. The largest absolute Gasteiger partial charge is 0.497 e. The van der Waals surface area contributed by atoms with E-state index in [1.54, 1.807) is 14.2 Å². The van der Waals surface area contributed by atoms with Crippen LogP contribution in [0.3, 0.4) is 0 Å². The van der Waals surface area contributed by atoms with Crippen molar-refractivity contribution >= 4 is 34.4 Å². The molecule has 1 fully saturated rings. The minimum atomic E-state index is -0.0993. The second kappa shape index (κ2) is 13.3. The van der Waals surface area contributed by atoms with Crippen LogP contribution in [0, 0.1) is 13.8 Å². The number of carbonyl (C=O) groups is 1. The van der Waals surface area contributed by atoms with Gasteiger partial charge in [-0.25, -0.2) is 9.97 Å². The number of guanidine groups is 1. The summed E-state index contributed by atoms with van der Waals surface area (Å²) >= 11 is 0. The highest BCUT2D eigenvalue weighted by molar-refractivity contribution is 6.03. The third kappa shape index (κ3) is 7.35. The van der Waals surface area contributed by atoms with E-state index in [2.05, 4.69) is 42.6 Å². The quantitative estimate of drug-likeness (QED) is 0.179. The number of aromatic nitrogens is 3. The van der Waals surface area contributed by atoms with Gasteiger partial charge in [0.1, 0.15) is 11.5 Å². The molecule has 0 atom stereocenters. The number of amides is 1. The predicted octanol–water partition coefficient (Wildman–Crippen LogP) is 2.12. The molecule has 0 saturated carbocycles. The van der Waals surface area contributed by atoms with E-state index in [1.807, 2.05) is 56.4 Å². The lowest BCUT2D eigenvalue weighted by molar-refractivity contribution is -0.892. The van der Waals surface area contributed by atoms with Crippen molar-refractivity contribution in [3.63, 3.8) is 0 Å². The lowest BCUT2D eigenvalue weighted by Crippen LogP contribution is -3.16. The zero-order valence-corrected chi connectivity index (χ0v) is 24.7. The summed E-state index contributed by atoms with van der Waals surface area (Å²) in [7, 11) is 3.33. The van der Waals surface area contributed by atoms with Gasteiger partial charge in [-0.2, -0.15) is 0 Å². The van der Waals surface area contributed by atoms with E-state index < -0.39 is 0 Å². The van der Waals surface area contributed by atoms with Gasteiger partial charge in [0.2, 0.25) is 11.9 Å². The number of anilines is 2. The van der Waals surface area contributed by atoms with Crippen LogP contribution in [-0.2, 0) is 11.2 Å². The number of aryl methyl sites for hydroxylation is 2. The van der Waals surface area contributed by atoms with E-state index in [4.69, 9.17) is 14.5 Å². The number of hydrogen-bond donors (Lipinski definition) is 4.